The van der Waals surface area contributed by atoms with Crippen molar-refractivity contribution in [1.82, 2.24) is 24.9 Å². The van der Waals surface area contributed by atoms with Gasteiger partial charge >= 0.3 is 5.69 Å². The van der Waals surface area contributed by atoms with Crippen LogP contribution >= 0.6 is 0 Å². The van der Waals surface area contributed by atoms with Crippen LogP contribution in [0.5, 0.6) is 0 Å². The van der Waals surface area contributed by atoms with E-state index < -0.39 is 0 Å². The second-order valence-corrected chi connectivity index (χ2v) is 6.29. The first kappa shape index (κ1) is 11.9. The maximum atomic E-state index is 11.5. The predicted molar refractivity (Wildman–Crippen MR) is 74.9 cm³/mol. The highest BCUT2D eigenvalue weighted by Gasteiger charge is 2.50. The summed E-state index contributed by atoms with van der Waals surface area (Å²) in [4.78, 5) is 18.3. The molecular weight excluding hydrogens is 256 g/mol. The molecular formula is C13H18N6O. The van der Waals surface area contributed by atoms with Crippen LogP contribution < -0.4 is 15.9 Å². The number of nitrogens with one attached hydrogen (secondary N) is 2. The Kier molecular flexibility index (Phi) is 2.27. The molecule has 2 aliphatic rings. The molecule has 2 N–H and O–H groups in total. The van der Waals surface area contributed by atoms with Crippen LogP contribution in [0, 0.1) is 11.8 Å². The Morgan fingerprint density at radius 3 is 3.05 bits per heavy atom. The molecule has 106 valence electrons. The predicted octanol–water partition coefficient (Wildman–Crippen LogP) is -0.148. The van der Waals surface area contributed by atoms with Gasteiger partial charge in [0.05, 0.1) is 0 Å². The van der Waals surface area contributed by atoms with Crippen LogP contribution in [0.3, 0.4) is 0 Å². The van der Waals surface area contributed by atoms with Crippen molar-refractivity contribution in [2.45, 2.75) is 19.4 Å². The molecule has 0 spiro atoms. The summed E-state index contributed by atoms with van der Waals surface area (Å²) in [7, 11) is 0. The second kappa shape index (κ2) is 3.82. The van der Waals surface area contributed by atoms with Gasteiger partial charge in [-0.3, -0.25) is 0 Å². The zero-order valence-electron chi connectivity index (χ0n) is 11.6. The molecule has 2 aromatic heterocycles. The normalized spacial score (nSPS) is 28.2. The Morgan fingerprint density at radius 1 is 1.40 bits per heavy atom. The smallest absolute Gasteiger partial charge is 0.348 e. The first-order chi connectivity index (χ1) is 9.57. The number of fused-ring (bicyclic) bond motifs is 2. The fourth-order valence-electron chi connectivity index (χ4n) is 3.76. The highest BCUT2D eigenvalue weighted by molar-refractivity contribution is 5.53. The highest BCUT2D eigenvalue weighted by Crippen LogP contribution is 2.42. The van der Waals surface area contributed by atoms with Crippen molar-refractivity contribution in [3.05, 3.63) is 22.9 Å². The first-order valence-electron chi connectivity index (χ1n) is 6.98. The Bertz CT molecular complexity index is 717. The summed E-state index contributed by atoms with van der Waals surface area (Å²) in [6.45, 7) is 7.69. The van der Waals surface area contributed by atoms with Crippen molar-refractivity contribution < 1.29 is 0 Å². The molecule has 7 heteroatoms. The van der Waals surface area contributed by atoms with Gasteiger partial charge in [0.1, 0.15) is 12.1 Å². The third-order valence-corrected chi connectivity index (χ3v) is 4.93. The van der Waals surface area contributed by atoms with Gasteiger partial charge in [0.25, 0.3) is 0 Å². The standard InChI is InChI=1S/C13H18N6O/c1-13(2)9-5-14-4-8(9)6-19(13)10-3-11-16-17-12(20)18(11)7-15-10/h3,7-9,14H,4-6H2,1-2H3,(H,17,20). The fourth-order valence-corrected chi connectivity index (χ4v) is 3.76. The van der Waals surface area contributed by atoms with Gasteiger partial charge in [-0.2, -0.15) is 5.10 Å². The lowest BCUT2D eigenvalue weighted by molar-refractivity contribution is 0.356. The summed E-state index contributed by atoms with van der Waals surface area (Å²) in [5.74, 6) is 2.21. The SMILES string of the molecule is CC1(C)C2CNCC2CN1c1cc2n[nH]c(=O)n2cn1. The van der Waals surface area contributed by atoms with Crippen molar-refractivity contribution in [2.24, 2.45) is 11.8 Å². The Balaban J connectivity index is 1.77. The molecule has 0 saturated carbocycles. The lowest BCUT2D eigenvalue weighted by Crippen LogP contribution is -2.45. The molecule has 0 aliphatic carbocycles. The van der Waals surface area contributed by atoms with Crippen molar-refractivity contribution in [3.8, 4) is 0 Å². The number of hydrogen-bond acceptors (Lipinski definition) is 5. The van der Waals surface area contributed by atoms with Gasteiger partial charge in [0.2, 0.25) is 0 Å². The van der Waals surface area contributed by atoms with Crippen LogP contribution in [0.2, 0.25) is 0 Å². The van der Waals surface area contributed by atoms with E-state index in [0.717, 1.165) is 25.5 Å². The fraction of sp³-hybridized carbons (Fsp3) is 0.615. The monoisotopic (exact) mass is 274 g/mol. The summed E-state index contributed by atoms with van der Waals surface area (Å²) in [6, 6.07) is 1.88. The van der Waals surface area contributed by atoms with Crippen LogP contribution in [0.4, 0.5) is 5.82 Å². The molecule has 20 heavy (non-hydrogen) atoms. The molecule has 2 aliphatic heterocycles. The van der Waals surface area contributed by atoms with Crippen molar-refractivity contribution in [1.29, 1.82) is 0 Å². The van der Waals surface area contributed by atoms with Crippen molar-refractivity contribution in [2.75, 3.05) is 24.5 Å². The minimum Gasteiger partial charge on any atom is -0.351 e. The number of nitrogens with zero attached hydrogens (tertiary/aromatic N) is 4. The largest absolute Gasteiger partial charge is 0.351 e. The van der Waals surface area contributed by atoms with Gasteiger partial charge < -0.3 is 10.2 Å². The van der Waals surface area contributed by atoms with Crippen LogP contribution in [0.15, 0.2) is 17.2 Å². The molecule has 2 saturated heterocycles. The number of aromatic amines is 1. The van der Waals surface area contributed by atoms with Gasteiger partial charge in [0, 0.05) is 31.2 Å². The zero-order chi connectivity index (χ0) is 13.9. The molecule has 0 radical (unpaired) electrons. The van der Waals surface area contributed by atoms with Gasteiger partial charge in [-0.15, -0.1) is 0 Å². The second-order valence-electron chi connectivity index (χ2n) is 6.29. The summed E-state index contributed by atoms with van der Waals surface area (Å²) >= 11 is 0. The maximum Gasteiger partial charge on any atom is 0.348 e. The van der Waals surface area contributed by atoms with Crippen LogP contribution in [0.25, 0.3) is 5.65 Å². The number of rotatable bonds is 1. The minimum atomic E-state index is -0.249. The van der Waals surface area contributed by atoms with Crippen LogP contribution in [-0.2, 0) is 0 Å². The molecule has 2 aromatic rings. The van der Waals surface area contributed by atoms with E-state index in [1.807, 2.05) is 6.07 Å². The van der Waals surface area contributed by atoms with Gasteiger partial charge in [-0.05, 0) is 25.7 Å². The zero-order valence-corrected chi connectivity index (χ0v) is 11.6. The Hall–Kier alpha value is -1.89. The molecule has 4 rings (SSSR count). The van der Waals surface area contributed by atoms with Gasteiger partial charge in [0.15, 0.2) is 5.65 Å². The topological polar surface area (TPSA) is 78.3 Å². The van der Waals surface area contributed by atoms with E-state index in [1.165, 1.54) is 4.40 Å². The van der Waals surface area contributed by atoms with E-state index in [9.17, 15) is 4.79 Å². The summed E-state index contributed by atoms with van der Waals surface area (Å²) in [5, 5.41) is 9.94. The highest BCUT2D eigenvalue weighted by atomic mass is 16.1. The third-order valence-electron chi connectivity index (χ3n) is 4.93. The van der Waals surface area contributed by atoms with Crippen LogP contribution in [-0.4, -0.2) is 44.8 Å². The average molecular weight is 274 g/mol. The number of H-pyrrole nitrogens is 1. The average Bonchev–Trinajstić information content (AvgIpc) is 3.07. The van der Waals surface area contributed by atoms with Gasteiger partial charge in [-0.25, -0.2) is 19.3 Å². The number of anilines is 1. The molecule has 2 unspecified atom stereocenters. The first-order valence-corrected chi connectivity index (χ1v) is 6.98. The van der Waals surface area contributed by atoms with Crippen molar-refractivity contribution >= 4 is 11.5 Å². The van der Waals surface area contributed by atoms with Crippen molar-refractivity contribution in [3.63, 3.8) is 0 Å². The molecule has 0 amide bonds. The molecule has 0 bridgehead atoms. The molecule has 2 atom stereocenters. The van der Waals surface area contributed by atoms with E-state index in [-0.39, 0.29) is 11.2 Å². The summed E-state index contributed by atoms with van der Waals surface area (Å²) in [6.07, 6.45) is 1.55. The summed E-state index contributed by atoms with van der Waals surface area (Å²) < 4.78 is 1.43. The van der Waals surface area contributed by atoms with E-state index in [4.69, 9.17) is 0 Å². The number of hydrogen-bond donors (Lipinski definition) is 2. The molecule has 7 nitrogen and oxygen atoms in total. The van der Waals surface area contributed by atoms with E-state index in [1.54, 1.807) is 6.33 Å². The third kappa shape index (κ3) is 1.46. The molecule has 4 heterocycles. The lowest BCUT2D eigenvalue weighted by atomic mass is 9.85. The lowest BCUT2D eigenvalue weighted by Gasteiger charge is -2.36. The van der Waals surface area contributed by atoms with E-state index >= 15 is 0 Å². The van der Waals surface area contributed by atoms with Crippen LogP contribution in [0.1, 0.15) is 13.8 Å². The molecule has 2 fully saturated rings. The quantitative estimate of drug-likeness (QED) is 0.756. The number of aromatic nitrogens is 4. The Labute approximate surface area is 116 Å². The van der Waals surface area contributed by atoms with Gasteiger partial charge in [-0.1, -0.05) is 0 Å². The van der Waals surface area contributed by atoms with E-state index in [0.29, 0.717) is 17.5 Å². The minimum absolute atomic E-state index is 0.0656. The Morgan fingerprint density at radius 2 is 2.25 bits per heavy atom. The van der Waals surface area contributed by atoms with E-state index in [2.05, 4.69) is 39.2 Å². The maximum absolute atomic E-state index is 11.5. The summed E-state index contributed by atoms with van der Waals surface area (Å²) in [5.41, 5.74) is 0.433. The molecule has 0 aromatic carbocycles.